The fraction of sp³-hybridized carbons (Fsp3) is 0.533. The van der Waals surface area contributed by atoms with Gasteiger partial charge in [0.2, 0.25) is 0 Å². The maximum Gasteiger partial charge on any atom is 0.319 e. The smallest absolute Gasteiger partial charge is 0.319 e. The Hall–Kier alpha value is -1.20. The molecule has 0 radical (unpaired) electrons. The molecule has 4 nitrogen and oxygen atoms in total. The molecule has 5 heteroatoms. The number of methoxy groups -OCH3 is 1. The molecular weight excluding hydrogens is 272 g/mol. The summed E-state index contributed by atoms with van der Waals surface area (Å²) in [7, 11) is 1.70. The van der Waals surface area contributed by atoms with Gasteiger partial charge in [0, 0.05) is 29.0 Å². The summed E-state index contributed by atoms with van der Waals surface area (Å²) in [5.74, 6) is 0.933. The van der Waals surface area contributed by atoms with Crippen molar-refractivity contribution in [3.63, 3.8) is 0 Å². The highest BCUT2D eigenvalue weighted by Crippen LogP contribution is 2.30. The van der Waals surface area contributed by atoms with Gasteiger partial charge in [-0.2, -0.15) is 0 Å². The van der Waals surface area contributed by atoms with Crippen LogP contribution in [0.1, 0.15) is 26.2 Å². The van der Waals surface area contributed by atoms with Gasteiger partial charge < -0.3 is 15.4 Å². The molecule has 2 amide bonds. The molecule has 0 aliphatic heterocycles. The first-order valence-electron chi connectivity index (χ1n) is 6.92. The highest BCUT2D eigenvalue weighted by atomic mass is 32.2. The van der Waals surface area contributed by atoms with E-state index in [4.69, 9.17) is 4.74 Å². The van der Waals surface area contributed by atoms with Crippen molar-refractivity contribution in [1.82, 2.24) is 5.32 Å². The second-order valence-electron chi connectivity index (χ2n) is 5.36. The third-order valence-electron chi connectivity index (χ3n) is 3.54. The number of nitrogens with one attached hydrogen (secondary N) is 2. The topological polar surface area (TPSA) is 50.4 Å². The second kappa shape index (κ2) is 6.99. The number of amides is 2. The molecular formula is C15H22N2O2S. The van der Waals surface area contributed by atoms with Crippen molar-refractivity contribution in [3.8, 4) is 0 Å². The number of urea groups is 1. The Morgan fingerprint density at radius 1 is 1.35 bits per heavy atom. The summed E-state index contributed by atoms with van der Waals surface area (Å²) in [6, 6.07) is 7.77. The molecule has 0 heterocycles. The van der Waals surface area contributed by atoms with Crippen molar-refractivity contribution < 1.29 is 9.53 Å². The summed E-state index contributed by atoms with van der Waals surface area (Å²) in [6.07, 6.45) is 3.33. The van der Waals surface area contributed by atoms with Gasteiger partial charge in [-0.1, -0.05) is 0 Å². The van der Waals surface area contributed by atoms with E-state index in [1.165, 1.54) is 11.3 Å². The average Bonchev–Trinajstić information content (AvgIpc) is 2.39. The number of carbonyl (C=O) groups is 1. The van der Waals surface area contributed by atoms with Gasteiger partial charge in [-0.25, -0.2) is 4.79 Å². The van der Waals surface area contributed by atoms with Crippen molar-refractivity contribution in [1.29, 1.82) is 0 Å². The Morgan fingerprint density at radius 2 is 2.05 bits per heavy atom. The largest absolute Gasteiger partial charge is 0.384 e. The number of hydrogen-bond donors (Lipinski definition) is 2. The van der Waals surface area contributed by atoms with Crippen LogP contribution in [0.2, 0.25) is 0 Å². The van der Waals surface area contributed by atoms with Crippen LogP contribution in [0, 0.1) is 0 Å². The summed E-state index contributed by atoms with van der Waals surface area (Å²) in [5, 5.41) is 5.90. The first kappa shape index (κ1) is 15.2. The monoisotopic (exact) mass is 294 g/mol. The molecule has 1 aliphatic carbocycles. The van der Waals surface area contributed by atoms with Gasteiger partial charge in [-0.3, -0.25) is 0 Å². The van der Waals surface area contributed by atoms with Crippen LogP contribution >= 0.6 is 11.8 Å². The van der Waals surface area contributed by atoms with Crippen molar-refractivity contribution in [2.75, 3.05) is 24.8 Å². The second-order valence-corrected chi connectivity index (χ2v) is 6.53. The van der Waals surface area contributed by atoms with Crippen molar-refractivity contribution in [2.45, 2.75) is 36.6 Å². The predicted octanol–water partition coefficient (Wildman–Crippen LogP) is 3.49. The van der Waals surface area contributed by atoms with Gasteiger partial charge in [-0.15, -0.1) is 11.8 Å². The fourth-order valence-corrected chi connectivity index (χ4v) is 2.96. The lowest BCUT2D eigenvalue weighted by atomic mass is 9.79. The van der Waals surface area contributed by atoms with Crippen LogP contribution in [0.25, 0.3) is 0 Å². The van der Waals surface area contributed by atoms with Crippen LogP contribution in [0.3, 0.4) is 0 Å². The summed E-state index contributed by atoms with van der Waals surface area (Å²) in [6.45, 7) is 2.83. The van der Waals surface area contributed by atoms with Gasteiger partial charge in [0.15, 0.2) is 0 Å². The molecule has 0 aromatic heterocycles. The van der Waals surface area contributed by atoms with E-state index in [-0.39, 0.29) is 11.6 Å². The quantitative estimate of drug-likeness (QED) is 0.624. The maximum absolute atomic E-state index is 11.9. The van der Waals surface area contributed by atoms with Crippen LogP contribution in [-0.4, -0.2) is 31.0 Å². The summed E-state index contributed by atoms with van der Waals surface area (Å²) >= 11 is 1.74. The molecule has 2 N–H and O–H groups in total. The Bertz CT molecular complexity index is 444. The molecule has 0 unspecified atom stereocenters. The molecule has 2 rings (SSSR count). The number of hydrogen-bond acceptors (Lipinski definition) is 3. The lowest BCUT2D eigenvalue weighted by Gasteiger charge is -2.38. The summed E-state index contributed by atoms with van der Waals surface area (Å²) in [5.41, 5.74) is 0.807. The zero-order valence-electron chi connectivity index (χ0n) is 12.1. The van der Waals surface area contributed by atoms with E-state index in [1.54, 1.807) is 18.9 Å². The average molecular weight is 294 g/mol. The molecule has 0 spiro atoms. The van der Waals surface area contributed by atoms with Gasteiger partial charge >= 0.3 is 6.03 Å². The van der Waals surface area contributed by atoms with Gasteiger partial charge in [0.05, 0.1) is 6.61 Å². The van der Waals surface area contributed by atoms with Gasteiger partial charge in [0.1, 0.15) is 0 Å². The number of rotatable bonds is 6. The lowest BCUT2D eigenvalue weighted by Crippen LogP contribution is -2.52. The van der Waals surface area contributed by atoms with Crippen LogP contribution in [0.15, 0.2) is 29.2 Å². The standard InChI is InChI=1S/C15H22N2O2S/c1-15(8-3-9-15)17-14(18)16-12-4-6-13(7-5-12)20-11-10-19-2/h4-7H,3,8-11H2,1-2H3,(H2,16,17,18). The van der Waals surface area contributed by atoms with E-state index >= 15 is 0 Å². The summed E-state index contributed by atoms with van der Waals surface area (Å²) < 4.78 is 5.02. The summed E-state index contributed by atoms with van der Waals surface area (Å²) in [4.78, 5) is 13.1. The zero-order valence-corrected chi connectivity index (χ0v) is 12.9. The van der Waals surface area contributed by atoms with E-state index in [2.05, 4.69) is 17.6 Å². The molecule has 1 saturated carbocycles. The SMILES string of the molecule is COCCSc1ccc(NC(=O)NC2(C)CCC2)cc1. The Labute approximate surface area is 124 Å². The van der Waals surface area contributed by atoms with E-state index in [9.17, 15) is 4.79 Å². The first-order chi connectivity index (χ1) is 9.61. The molecule has 1 aromatic rings. The predicted molar refractivity (Wildman–Crippen MR) is 83.5 cm³/mol. The fourth-order valence-electron chi connectivity index (χ4n) is 2.15. The maximum atomic E-state index is 11.9. The van der Waals surface area contributed by atoms with Gasteiger partial charge in [0.25, 0.3) is 0 Å². The first-order valence-corrected chi connectivity index (χ1v) is 7.91. The highest BCUT2D eigenvalue weighted by molar-refractivity contribution is 7.99. The minimum atomic E-state index is -0.119. The van der Waals surface area contributed by atoms with E-state index < -0.39 is 0 Å². The molecule has 110 valence electrons. The van der Waals surface area contributed by atoms with Crippen LogP contribution < -0.4 is 10.6 Å². The number of benzene rings is 1. The normalized spacial score (nSPS) is 16.3. The van der Waals surface area contributed by atoms with Crippen LogP contribution in [0.4, 0.5) is 10.5 Å². The zero-order chi connectivity index (χ0) is 14.4. The van der Waals surface area contributed by atoms with Crippen molar-refractivity contribution in [2.24, 2.45) is 0 Å². The van der Waals surface area contributed by atoms with Crippen LogP contribution in [-0.2, 0) is 4.74 Å². The molecule has 1 aromatic carbocycles. The van der Waals surface area contributed by atoms with E-state index in [0.29, 0.717) is 0 Å². The highest BCUT2D eigenvalue weighted by Gasteiger charge is 2.33. The minimum Gasteiger partial charge on any atom is -0.384 e. The number of ether oxygens (including phenoxy) is 1. The van der Waals surface area contributed by atoms with Crippen LogP contribution in [0.5, 0.6) is 0 Å². The Kier molecular flexibility index (Phi) is 5.31. The number of thioether (sulfide) groups is 1. The Morgan fingerprint density at radius 3 is 2.60 bits per heavy atom. The van der Waals surface area contributed by atoms with Gasteiger partial charge in [-0.05, 0) is 50.5 Å². The third-order valence-corrected chi connectivity index (χ3v) is 4.52. The molecule has 0 atom stereocenters. The van der Waals surface area contributed by atoms with Crippen molar-refractivity contribution >= 4 is 23.5 Å². The number of carbonyl (C=O) groups excluding carboxylic acids is 1. The van der Waals surface area contributed by atoms with E-state index in [1.807, 2.05) is 24.3 Å². The molecule has 0 bridgehead atoms. The lowest BCUT2D eigenvalue weighted by molar-refractivity contribution is 0.200. The molecule has 1 fully saturated rings. The molecule has 1 aliphatic rings. The third kappa shape index (κ3) is 4.42. The molecule has 20 heavy (non-hydrogen) atoms. The Balaban J connectivity index is 1.79. The molecule has 0 saturated heterocycles. The van der Waals surface area contributed by atoms with Crippen molar-refractivity contribution in [3.05, 3.63) is 24.3 Å². The van der Waals surface area contributed by atoms with E-state index in [0.717, 1.165) is 30.9 Å². The number of anilines is 1. The minimum absolute atomic E-state index is 0.0139.